The predicted octanol–water partition coefficient (Wildman–Crippen LogP) is 5.35. The normalized spacial score (nSPS) is 13.0. The van der Waals surface area contributed by atoms with Crippen molar-refractivity contribution in [1.29, 1.82) is 0 Å². The van der Waals surface area contributed by atoms with Crippen LogP contribution in [0.3, 0.4) is 0 Å². The van der Waals surface area contributed by atoms with Crippen molar-refractivity contribution in [2.45, 2.75) is 38.1 Å². The number of aromatic nitrogens is 1. The average molecular weight is 536 g/mol. The summed E-state index contributed by atoms with van der Waals surface area (Å²) in [6, 6.07) is 26.0. The fourth-order valence-corrected chi connectivity index (χ4v) is 5.49. The van der Waals surface area contributed by atoms with Crippen LogP contribution in [0.15, 0.2) is 90.3 Å². The molecule has 0 saturated carbocycles. The third-order valence-corrected chi connectivity index (χ3v) is 7.49. The number of amides is 1. The van der Waals surface area contributed by atoms with E-state index in [9.17, 15) is 13.2 Å². The summed E-state index contributed by atoms with van der Waals surface area (Å²) in [6.45, 7) is 2.04. The maximum absolute atomic E-state index is 13.8. The van der Waals surface area contributed by atoms with E-state index in [1.165, 1.54) is 11.3 Å². The second kappa shape index (κ2) is 12.1. The van der Waals surface area contributed by atoms with Crippen molar-refractivity contribution in [2.75, 3.05) is 4.72 Å². The molecule has 0 fully saturated rings. The van der Waals surface area contributed by atoms with E-state index in [1.54, 1.807) is 24.3 Å². The van der Waals surface area contributed by atoms with E-state index >= 15 is 0 Å². The largest absolute Gasteiger partial charge is 0.357 e. The number of hydrogen-bond acceptors (Lipinski definition) is 5. The van der Waals surface area contributed by atoms with Crippen LogP contribution < -0.4 is 10.0 Å². The molecule has 0 bridgehead atoms. The summed E-state index contributed by atoms with van der Waals surface area (Å²) < 4.78 is 33.3. The number of hydrogen-bond donors (Lipinski definition) is 3. The van der Waals surface area contributed by atoms with Gasteiger partial charge in [0.05, 0.1) is 23.3 Å². The third kappa shape index (κ3) is 7.72. The van der Waals surface area contributed by atoms with Gasteiger partial charge in [-0.3, -0.25) is 14.1 Å². The lowest BCUT2D eigenvalue weighted by molar-refractivity contribution is -0.123. The number of carbonyl (C=O) groups is 1. The summed E-state index contributed by atoms with van der Waals surface area (Å²) in [6.07, 6.45) is 1.84. The van der Waals surface area contributed by atoms with Crippen LogP contribution in [0.25, 0.3) is 0 Å². The fraction of sp³-hybridized carbons (Fsp3) is 0.214. The highest BCUT2D eigenvalue weighted by Crippen LogP contribution is 2.27. The van der Waals surface area contributed by atoms with Crippen molar-refractivity contribution in [3.63, 3.8) is 0 Å². The molecule has 0 aliphatic carbocycles. The number of carbonyl (C=O) groups excluding carboxylic acids is 1. The summed E-state index contributed by atoms with van der Waals surface area (Å²) >= 11 is 1.52. The van der Waals surface area contributed by atoms with Gasteiger partial charge < -0.3 is 5.32 Å². The van der Waals surface area contributed by atoms with Gasteiger partial charge in [-0.15, -0.1) is 11.3 Å². The Morgan fingerprint density at radius 2 is 1.54 bits per heavy atom. The fourth-order valence-electron chi connectivity index (χ4n) is 4.11. The van der Waals surface area contributed by atoms with Gasteiger partial charge in [-0.25, -0.2) is 4.98 Å². The summed E-state index contributed by atoms with van der Waals surface area (Å²) in [5.41, 5.74) is 4.13. The van der Waals surface area contributed by atoms with Crippen LogP contribution in [-0.4, -0.2) is 23.9 Å². The van der Waals surface area contributed by atoms with Crippen molar-refractivity contribution in [3.05, 3.63) is 118 Å². The summed E-state index contributed by atoms with van der Waals surface area (Å²) in [4.78, 5) is 18.5. The zero-order chi connectivity index (χ0) is 26.3. The molecule has 2 unspecified atom stereocenters. The lowest BCUT2D eigenvalue weighted by Gasteiger charge is -2.22. The van der Waals surface area contributed by atoms with Gasteiger partial charge >= 0.3 is 10.3 Å². The zero-order valence-corrected chi connectivity index (χ0v) is 22.0. The maximum Gasteiger partial charge on any atom is 0.357 e. The lowest BCUT2D eigenvalue weighted by atomic mass is 9.90. The SMILES string of the molecule is CCc1csc(C(Cc2ccc(NS(=O)(=O)O)cc2)NC(=O)C(Cc2ccccc2)c2ccccc2)n1. The molecule has 1 heterocycles. The molecule has 4 aromatic rings. The molecule has 192 valence electrons. The van der Waals surface area contributed by atoms with Gasteiger partial charge in [0.15, 0.2) is 0 Å². The molecule has 3 aromatic carbocycles. The van der Waals surface area contributed by atoms with E-state index in [1.807, 2.05) is 77.7 Å². The monoisotopic (exact) mass is 535 g/mol. The van der Waals surface area contributed by atoms with Gasteiger partial charge in [0.1, 0.15) is 5.01 Å². The number of aryl methyl sites for hydroxylation is 1. The van der Waals surface area contributed by atoms with E-state index in [4.69, 9.17) is 9.54 Å². The van der Waals surface area contributed by atoms with E-state index < -0.39 is 10.3 Å². The van der Waals surface area contributed by atoms with Crippen LogP contribution in [0.1, 0.15) is 46.3 Å². The van der Waals surface area contributed by atoms with Gasteiger partial charge in [-0.05, 0) is 48.1 Å². The van der Waals surface area contributed by atoms with Crippen LogP contribution in [-0.2, 0) is 34.4 Å². The number of nitrogens with zero attached hydrogens (tertiary/aromatic N) is 1. The first kappa shape index (κ1) is 26.5. The molecular formula is C28H29N3O4S2. The van der Waals surface area contributed by atoms with Crippen LogP contribution in [0.4, 0.5) is 5.69 Å². The van der Waals surface area contributed by atoms with Crippen molar-refractivity contribution < 1.29 is 17.8 Å². The van der Waals surface area contributed by atoms with Crippen molar-refractivity contribution in [3.8, 4) is 0 Å². The Morgan fingerprint density at radius 3 is 2.14 bits per heavy atom. The van der Waals surface area contributed by atoms with Crippen LogP contribution in [0.5, 0.6) is 0 Å². The molecular weight excluding hydrogens is 506 g/mol. The van der Waals surface area contributed by atoms with Crippen LogP contribution >= 0.6 is 11.3 Å². The summed E-state index contributed by atoms with van der Waals surface area (Å²) in [5.74, 6) is -0.462. The molecule has 7 nitrogen and oxygen atoms in total. The van der Waals surface area contributed by atoms with Crippen molar-refractivity contribution in [2.24, 2.45) is 0 Å². The molecule has 0 aliphatic rings. The van der Waals surface area contributed by atoms with Gasteiger partial charge in [-0.2, -0.15) is 8.42 Å². The quantitative estimate of drug-likeness (QED) is 0.225. The number of anilines is 1. The van der Waals surface area contributed by atoms with Gasteiger partial charge in [-0.1, -0.05) is 79.7 Å². The molecule has 0 saturated heterocycles. The molecule has 9 heteroatoms. The Morgan fingerprint density at radius 1 is 0.919 bits per heavy atom. The average Bonchev–Trinajstić information content (AvgIpc) is 3.38. The number of thiazole rings is 1. The lowest BCUT2D eigenvalue weighted by Crippen LogP contribution is -2.35. The Kier molecular flexibility index (Phi) is 8.70. The molecule has 0 aliphatic heterocycles. The van der Waals surface area contributed by atoms with E-state index in [-0.39, 0.29) is 23.6 Å². The highest BCUT2D eigenvalue weighted by molar-refractivity contribution is 7.87. The molecule has 2 atom stereocenters. The minimum absolute atomic E-state index is 0.0852. The van der Waals surface area contributed by atoms with E-state index in [0.717, 1.165) is 33.8 Å². The number of benzene rings is 3. The van der Waals surface area contributed by atoms with Crippen molar-refractivity contribution in [1.82, 2.24) is 10.3 Å². The topological polar surface area (TPSA) is 108 Å². The minimum atomic E-state index is -4.35. The first-order valence-electron chi connectivity index (χ1n) is 12.0. The first-order chi connectivity index (χ1) is 17.8. The molecule has 1 aromatic heterocycles. The Balaban J connectivity index is 1.59. The number of rotatable bonds is 11. The molecule has 37 heavy (non-hydrogen) atoms. The Hall–Kier alpha value is -3.53. The molecule has 4 rings (SSSR count). The minimum Gasteiger partial charge on any atom is -0.346 e. The first-order valence-corrected chi connectivity index (χ1v) is 14.3. The highest BCUT2D eigenvalue weighted by Gasteiger charge is 2.26. The Bertz CT molecular complexity index is 1410. The third-order valence-electron chi connectivity index (χ3n) is 5.99. The second-order valence-corrected chi connectivity index (χ2v) is 10.8. The molecule has 0 radical (unpaired) electrons. The molecule has 0 spiro atoms. The van der Waals surface area contributed by atoms with Crippen LogP contribution in [0, 0.1) is 0 Å². The smallest absolute Gasteiger partial charge is 0.346 e. The summed E-state index contributed by atoms with van der Waals surface area (Å²) in [5, 5.41) is 6.07. The van der Waals surface area contributed by atoms with Crippen molar-refractivity contribution >= 4 is 33.2 Å². The van der Waals surface area contributed by atoms with Gasteiger partial charge in [0.25, 0.3) is 0 Å². The van der Waals surface area contributed by atoms with Gasteiger partial charge in [0.2, 0.25) is 5.91 Å². The van der Waals surface area contributed by atoms with E-state index in [0.29, 0.717) is 12.8 Å². The van der Waals surface area contributed by atoms with Gasteiger partial charge in [0, 0.05) is 5.38 Å². The second-order valence-electron chi connectivity index (χ2n) is 8.72. The van der Waals surface area contributed by atoms with E-state index in [2.05, 4.69) is 5.32 Å². The molecule has 1 amide bonds. The van der Waals surface area contributed by atoms with Crippen LogP contribution in [0.2, 0.25) is 0 Å². The zero-order valence-electron chi connectivity index (χ0n) is 20.4. The summed E-state index contributed by atoms with van der Waals surface area (Å²) in [7, 11) is -4.35. The number of nitrogens with one attached hydrogen (secondary N) is 2. The molecule has 3 N–H and O–H groups in total. The Labute approximate surface area is 221 Å². The predicted molar refractivity (Wildman–Crippen MR) is 147 cm³/mol. The standard InChI is InChI=1S/C28H29N3O4S2/c1-2-23-19-36-28(29-23)26(18-21-13-15-24(16-14-21)31-37(33,34)35)30-27(32)25(22-11-7-4-8-12-22)17-20-9-5-3-6-10-20/h3-16,19,25-26,31H,2,17-18H2,1H3,(H,30,32)(H,33,34,35). The maximum atomic E-state index is 13.8. The highest BCUT2D eigenvalue weighted by atomic mass is 32.2.